The van der Waals surface area contributed by atoms with Crippen LogP contribution in [-0.4, -0.2) is 35.0 Å². The second-order valence-electron chi connectivity index (χ2n) is 4.53. The molecule has 96 valence electrons. The van der Waals surface area contributed by atoms with E-state index in [1.54, 1.807) is 18.0 Å². The minimum atomic E-state index is -1.03. The van der Waals surface area contributed by atoms with E-state index in [0.29, 0.717) is 16.1 Å². The normalized spacial score (nSPS) is 15.0. The second kappa shape index (κ2) is 5.10. The number of halogens is 1. The Bertz CT molecular complexity index is 497. The number of hydrogen-bond acceptors (Lipinski definition) is 2. The van der Waals surface area contributed by atoms with Gasteiger partial charge < -0.3 is 10.0 Å². The van der Waals surface area contributed by atoms with Gasteiger partial charge >= 0.3 is 5.97 Å². The fourth-order valence-electron chi connectivity index (χ4n) is 1.98. The zero-order valence-corrected chi connectivity index (χ0v) is 11.6. The van der Waals surface area contributed by atoms with E-state index in [-0.39, 0.29) is 11.5 Å². The number of carboxylic acids is 1. The molecule has 1 amide bonds. The maximum Gasteiger partial charge on any atom is 0.335 e. The largest absolute Gasteiger partial charge is 0.478 e. The summed E-state index contributed by atoms with van der Waals surface area (Å²) in [7, 11) is 1.77. The number of aromatic carboxylic acids is 1. The zero-order valence-electron chi connectivity index (χ0n) is 10.0. The van der Waals surface area contributed by atoms with Gasteiger partial charge in [-0.3, -0.25) is 4.79 Å². The lowest BCUT2D eigenvalue weighted by molar-refractivity contribution is 0.0652. The number of rotatable bonds is 3. The van der Waals surface area contributed by atoms with E-state index in [4.69, 9.17) is 5.11 Å². The van der Waals surface area contributed by atoms with Crippen molar-refractivity contribution in [2.45, 2.75) is 25.3 Å². The molecule has 0 atom stereocenters. The van der Waals surface area contributed by atoms with Crippen molar-refractivity contribution in [3.63, 3.8) is 0 Å². The number of benzene rings is 1. The Morgan fingerprint density at radius 1 is 1.28 bits per heavy atom. The van der Waals surface area contributed by atoms with Crippen LogP contribution in [0.1, 0.15) is 40.0 Å². The molecule has 0 unspecified atom stereocenters. The summed E-state index contributed by atoms with van der Waals surface area (Å²) in [5.74, 6) is -1.15. The Morgan fingerprint density at radius 3 is 2.39 bits per heavy atom. The van der Waals surface area contributed by atoms with Crippen LogP contribution in [-0.2, 0) is 0 Å². The Morgan fingerprint density at radius 2 is 1.89 bits per heavy atom. The van der Waals surface area contributed by atoms with Crippen molar-refractivity contribution in [1.82, 2.24) is 4.90 Å². The van der Waals surface area contributed by atoms with Gasteiger partial charge in [0.05, 0.1) is 5.56 Å². The van der Waals surface area contributed by atoms with Crippen LogP contribution in [0.4, 0.5) is 0 Å². The first-order valence-electron chi connectivity index (χ1n) is 5.80. The minimum Gasteiger partial charge on any atom is -0.478 e. The third-order valence-corrected chi connectivity index (χ3v) is 3.79. The third-order valence-electron chi connectivity index (χ3n) is 3.33. The lowest BCUT2D eigenvalue weighted by Crippen LogP contribution is -2.41. The number of amides is 1. The number of carboxylic acid groups (broad SMARTS) is 1. The first-order valence-corrected chi connectivity index (χ1v) is 6.59. The van der Waals surface area contributed by atoms with E-state index >= 15 is 0 Å². The Labute approximate surface area is 114 Å². The zero-order chi connectivity index (χ0) is 13.3. The highest BCUT2D eigenvalue weighted by atomic mass is 79.9. The molecule has 0 aliphatic heterocycles. The molecule has 1 aliphatic carbocycles. The van der Waals surface area contributed by atoms with E-state index in [9.17, 15) is 9.59 Å². The van der Waals surface area contributed by atoms with Crippen LogP contribution in [0.15, 0.2) is 22.7 Å². The predicted molar refractivity (Wildman–Crippen MR) is 70.8 cm³/mol. The van der Waals surface area contributed by atoms with Gasteiger partial charge in [-0.15, -0.1) is 0 Å². The SMILES string of the molecule is CN(C(=O)c1cc(Br)cc(C(=O)O)c1)C1CCC1. The highest BCUT2D eigenvalue weighted by molar-refractivity contribution is 9.10. The second-order valence-corrected chi connectivity index (χ2v) is 5.45. The van der Waals surface area contributed by atoms with Gasteiger partial charge in [-0.2, -0.15) is 0 Å². The maximum absolute atomic E-state index is 12.2. The summed E-state index contributed by atoms with van der Waals surface area (Å²) in [5, 5.41) is 8.97. The molecule has 1 aromatic rings. The summed E-state index contributed by atoms with van der Waals surface area (Å²) in [6.07, 6.45) is 3.21. The summed E-state index contributed by atoms with van der Waals surface area (Å²) in [6.45, 7) is 0. The lowest BCUT2D eigenvalue weighted by Gasteiger charge is -2.34. The van der Waals surface area contributed by atoms with Crippen LogP contribution in [0.5, 0.6) is 0 Å². The molecule has 1 fully saturated rings. The molecule has 0 spiro atoms. The van der Waals surface area contributed by atoms with E-state index in [1.165, 1.54) is 12.1 Å². The van der Waals surface area contributed by atoms with Crippen LogP contribution >= 0.6 is 15.9 Å². The fraction of sp³-hybridized carbons (Fsp3) is 0.385. The van der Waals surface area contributed by atoms with Crippen molar-refractivity contribution in [1.29, 1.82) is 0 Å². The van der Waals surface area contributed by atoms with Crippen LogP contribution < -0.4 is 0 Å². The Kier molecular flexibility index (Phi) is 3.71. The van der Waals surface area contributed by atoms with E-state index in [0.717, 1.165) is 19.3 Å². The summed E-state index contributed by atoms with van der Waals surface area (Å²) in [6, 6.07) is 4.86. The van der Waals surface area contributed by atoms with Gasteiger partial charge in [0.2, 0.25) is 0 Å². The van der Waals surface area contributed by atoms with Crippen molar-refractivity contribution < 1.29 is 14.7 Å². The minimum absolute atomic E-state index is 0.120. The van der Waals surface area contributed by atoms with Gasteiger partial charge in [0, 0.05) is 23.1 Å². The van der Waals surface area contributed by atoms with Crippen molar-refractivity contribution in [3.8, 4) is 0 Å². The van der Waals surface area contributed by atoms with Gasteiger partial charge in [0.25, 0.3) is 5.91 Å². The van der Waals surface area contributed by atoms with E-state index in [2.05, 4.69) is 15.9 Å². The Hall–Kier alpha value is -1.36. The Balaban J connectivity index is 2.26. The molecule has 0 heterocycles. The fourth-order valence-corrected chi connectivity index (χ4v) is 2.47. The third kappa shape index (κ3) is 2.56. The van der Waals surface area contributed by atoms with Gasteiger partial charge in [-0.05, 0) is 37.5 Å². The molecular formula is C13H14BrNO3. The number of carbonyl (C=O) groups excluding carboxylic acids is 1. The summed E-state index contributed by atoms with van der Waals surface area (Å²) >= 11 is 3.23. The molecule has 5 heteroatoms. The molecule has 0 saturated heterocycles. The molecule has 0 radical (unpaired) electrons. The summed E-state index contributed by atoms with van der Waals surface area (Å²) < 4.78 is 0.604. The molecule has 0 bridgehead atoms. The number of carbonyl (C=O) groups is 2. The first-order chi connectivity index (χ1) is 8.49. The summed E-state index contributed by atoms with van der Waals surface area (Å²) in [4.78, 5) is 24.9. The predicted octanol–water partition coefficient (Wildman–Crippen LogP) is 2.77. The quantitative estimate of drug-likeness (QED) is 0.933. The van der Waals surface area contributed by atoms with Gasteiger partial charge in [-0.1, -0.05) is 15.9 Å². The molecule has 1 saturated carbocycles. The first kappa shape index (κ1) is 13.1. The van der Waals surface area contributed by atoms with Crippen LogP contribution in [0, 0.1) is 0 Å². The van der Waals surface area contributed by atoms with Crippen LogP contribution in [0.2, 0.25) is 0 Å². The van der Waals surface area contributed by atoms with Crippen molar-refractivity contribution >= 4 is 27.8 Å². The van der Waals surface area contributed by atoms with Gasteiger partial charge in [0.15, 0.2) is 0 Å². The highest BCUT2D eigenvalue weighted by Crippen LogP contribution is 2.25. The topological polar surface area (TPSA) is 57.6 Å². The molecule has 2 rings (SSSR count). The van der Waals surface area contributed by atoms with Gasteiger partial charge in [-0.25, -0.2) is 4.79 Å². The average Bonchev–Trinajstić information content (AvgIpc) is 2.24. The average molecular weight is 312 g/mol. The molecule has 1 aliphatic rings. The highest BCUT2D eigenvalue weighted by Gasteiger charge is 2.26. The molecule has 1 N–H and O–H groups in total. The maximum atomic E-state index is 12.2. The van der Waals surface area contributed by atoms with Crippen LogP contribution in [0.25, 0.3) is 0 Å². The smallest absolute Gasteiger partial charge is 0.335 e. The molecular weight excluding hydrogens is 298 g/mol. The number of hydrogen-bond donors (Lipinski definition) is 1. The molecule has 4 nitrogen and oxygen atoms in total. The van der Waals surface area contributed by atoms with E-state index < -0.39 is 5.97 Å². The van der Waals surface area contributed by atoms with Gasteiger partial charge in [0.1, 0.15) is 0 Å². The lowest BCUT2D eigenvalue weighted by atomic mass is 9.91. The summed E-state index contributed by atoms with van der Waals surface area (Å²) in [5.41, 5.74) is 0.533. The van der Waals surface area contributed by atoms with Crippen LogP contribution in [0.3, 0.4) is 0 Å². The standard InChI is InChI=1S/C13H14BrNO3/c1-15(11-3-2-4-11)12(16)8-5-9(13(17)18)7-10(14)6-8/h5-7,11H,2-4H2,1H3,(H,17,18). The van der Waals surface area contributed by atoms with Crippen molar-refractivity contribution in [2.75, 3.05) is 7.05 Å². The number of nitrogens with zero attached hydrogens (tertiary/aromatic N) is 1. The monoisotopic (exact) mass is 311 g/mol. The van der Waals surface area contributed by atoms with Crippen molar-refractivity contribution in [2.24, 2.45) is 0 Å². The van der Waals surface area contributed by atoms with Crippen molar-refractivity contribution in [3.05, 3.63) is 33.8 Å². The molecule has 1 aromatic carbocycles. The molecule has 18 heavy (non-hydrogen) atoms. The van der Waals surface area contributed by atoms with E-state index in [1.807, 2.05) is 0 Å². The molecule has 0 aromatic heterocycles.